The number of fused-ring (bicyclic) bond motifs is 4. The molecule has 3 aromatic carbocycles. The lowest BCUT2D eigenvalue weighted by molar-refractivity contribution is 0.573. The molecule has 6 rings (SSSR count). The van der Waals surface area contributed by atoms with E-state index in [9.17, 15) is 0 Å². The third-order valence-electron chi connectivity index (χ3n) is 6.26. The Morgan fingerprint density at radius 1 is 0.848 bits per heavy atom. The van der Waals surface area contributed by atoms with Gasteiger partial charge in [0.1, 0.15) is 17.0 Å². The van der Waals surface area contributed by atoms with Gasteiger partial charge in [-0.25, -0.2) is 4.98 Å². The molecule has 0 atom stereocenters. The summed E-state index contributed by atoms with van der Waals surface area (Å²) >= 11 is 0. The van der Waals surface area contributed by atoms with Crippen molar-refractivity contribution in [3.63, 3.8) is 0 Å². The summed E-state index contributed by atoms with van der Waals surface area (Å²) in [5.74, 6) is 0.860. The molecule has 0 N–H and O–H groups in total. The highest BCUT2D eigenvalue weighted by Crippen LogP contribution is 2.40. The second-order valence-corrected chi connectivity index (χ2v) is 9.62. The predicted octanol–water partition coefficient (Wildman–Crippen LogP) is 7.59. The van der Waals surface area contributed by atoms with Crippen LogP contribution in [0, 0.1) is 6.92 Å². The van der Waals surface area contributed by atoms with Crippen molar-refractivity contribution in [2.75, 3.05) is 0 Å². The number of rotatable bonds is 2. The Morgan fingerprint density at radius 3 is 2.39 bits per heavy atom. The van der Waals surface area contributed by atoms with Gasteiger partial charge in [0.25, 0.3) is 0 Å². The molecule has 0 aliphatic carbocycles. The molecule has 162 valence electrons. The van der Waals surface area contributed by atoms with Crippen molar-refractivity contribution in [2.45, 2.75) is 33.1 Å². The van der Waals surface area contributed by atoms with E-state index in [1.54, 1.807) is 0 Å². The van der Waals surface area contributed by atoms with E-state index in [0.717, 1.165) is 55.7 Å². The van der Waals surface area contributed by atoms with Crippen molar-refractivity contribution < 1.29 is 4.42 Å². The number of aromatic nitrogens is 3. The molecule has 0 spiro atoms. The second-order valence-electron chi connectivity index (χ2n) is 9.62. The molecule has 33 heavy (non-hydrogen) atoms. The largest absolute Gasteiger partial charge is 0.455 e. The molecule has 0 amide bonds. The Balaban J connectivity index is 1.78. The summed E-state index contributed by atoms with van der Waals surface area (Å²) in [7, 11) is 0. The fourth-order valence-electron chi connectivity index (χ4n) is 4.75. The van der Waals surface area contributed by atoms with Gasteiger partial charge in [-0.05, 0) is 42.8 Å². The van der Waals surface area contributed by atoms with Gasteiger partial charge in [-0.15, -0.1) is 0 Å². The molecule has 0 saturated carbocycles. The summed E-state index contributed by atoms with van der Waals surface area (Å²) in [5.41, 5.74) is 7.84. The standard InChI is InChI=1S/C29H25N3O/c1-18-14-15-21(26-24(18)20-12-8-9-13-23(20)33-26)28-31-22-16-17-30-27(29(2,3)4)25(22)32(28)19-10-6-5-7-11-19/h5-17H,1-4H3. The molecular formula is C29H25N3O. The third kappa shape index (κ3) is 2.98. The molecular weight excluding hydrogens is 406 g/mol. The average molecular weight is 432 g/mol. The van der Waals surface area contributed by atoms with Gasteiger partial charge in [-0.1, -0.05) is 63.2 Å². The Kier molecular flexibility index (Phi) is 4.21. The topological polar surface area (TPSA) is 43.9 Å². The van der Waals surface area contributed by atoms with E-state index in [0.29, 0.717) is 0 Å². The van der Waals surface area contributed by atoms with Gasteiger partial charge in [0.2, 0.25) is 0 Å². The van der Waals surface area contributed by atoms with Crippen LogP contribution in [0.2, 0.25) is 0 Å². The fraction of sp³-hybridized carbons (Fsp3) is 0.172. The van der Waals surface area contributed by atoms with Crippen molar-refractivity contribution in [2.24, 2.45) is 0 Å². The fourth-order valence-corrected chi connectivity index (χ4v) is 4.75. The highest BCUT2D eigenvalue weighted by molar-refractivity contribution is 6.11. The lowest BCUT2D eigenvalue weighted by atomic mass is 9.90. The minimum Gasteiger partial charge on any atom is -0.455 e. The number of furan rings is 1. The minimum absolute atomic E-state index is 0.134. The molecule has 0 aliphatic rings. The van der Waals surface area contributed by atoms with Crippen LogP contribution < -0.4 is 0 Å². The zero-order valence-electron chi connectivity index (χ0n) is 19.3. The number of hydrogen-bond acceptors (Lipinski definition) is 3. The summed E-state index contributed by atoms with van der Waals surface area (Å²) in [6.07, 6.45) is 1.86. The minimum atomic E-state index is -0.134. The van der Waals surface area contributed by atoms with E-state index in [1.807, 2.05) is 30.5 Å². The van der Waals surface area contributed by atoms with Gasteiger partial charge in [0.05, 0.1) is 22.3 Å². The first-order valence-electron chi connectivity index (χ1n) is 11.3. The molecule has 3 heterocycles. The maximum Gasteiger partial charge on any atom is 0.149 e. The maximum atomic E-state index is 6.43. The van der Waals surface area contributed by atoms with Gasteiger partial charge in [-0.3, -0.25) is 9.55 Å². The van der Waals surface area contributed by atoms with Crippen LogP contribution in [0.25, 0.3) is 50.0 Å². The summed E-state index contributed by atoms with van der Waals surface area (Å²) < 4.78 is 8.67. The van der Waals surface area contributed by atoms with Crippen molar-refractivity contribution in [3.05, 3.63) is 90.3 Å². The zero-order valence-corrected chi connectivity index (χ0v) is 19.3. The zero-order chi connectivity index (χ0) is 22.7. The first-order valence-corrected chi connectivity index (χ1v) is 11.3. The van der Waals surface area contributed by atoms with Gasteiger partial charge >= 0.3 is 0 Å². The quantitative estimate of drug-likeness (QED) is 0.284. The number of nitrogens with zero attached hydrogens (tertiary/aromatic N) is 3. The summed E-state index contributed by atoms with van der Waals surface area (Å²) in [4.78, 5) is 9.94. The Bertz CT molecular complexity index is 1650. The van der Waals surface area contributed by atoms with Gasteiger partial charge < -0.3 is 4.42 Å². The number of pyridine rings is 1. The molecule has 0 bridgehead atoms. The number of para-hydroxylation sites is 2. The first-order chi connectivity index (χ1) is 15.9. The highest BCUT2D eigenvalue weighted by Gasteiger charge is 2.26. The van der Waals surface area contributed by atoms with Gasteiger partial charge in [0.15, 0.2) is 0 Å². The first kappa shape index (κ1) is 19.7. The molecule has 3 aromatic heterocycles. The molecule has 0 unspecified atom stereocenters. The molecule has 0 fully saturated rings. The summed E-state index contributed by atoms with van der Waals surface area (Å²) in [6, 6.07) is 24.9. The smallest absolute Gasteiger partial charge is 0.149 e. The van der Waals surface area contributed by atoms with E-state index >= 15 is 0 Å². The van der Waals surface area contributed by atoms with Crippen molar-refractivity contribution in [1.29, 1.82) is 0 Å². The Hall–Kier alpha value is -3.92. The van der Waals surface area contributed by atoms with Crippen LogP contribution in [0.4, 0.5) is 0 Å². The molecule has 0 saturated heterocycles. The molecule has 4 nitrogen and oxygen atoms in total. The van der Waals surface area contributed by atoms with Crippen LogP contribution in [0.15, 0.2) is 83.4 Å². The summed E-state index contributed by atoms with van der Waals surface area (Å²) in [5, 5.41) is 2.27. The SMILES string of the molecule is Cc1ccc(-c2nc3ccnc(C(C)(C)C)c3n2-c2ccccc2)c2oc3ccccc3c12. The van der Waals surface area contributed by atoms with Crippen molar-refractivity contribution in [1.82, 2.24) is 14.5 Å². The van der Waals surface area contributed by atoms with Crippen LogP contribution in [0.5, 0.6) is 0 Å². The van der Waals surface area contributed by atoms with Crippen LogP contribution in [0.1, 0.15) is 32.0 Å². The van der Waals surface area contributed by atoms with Crippen LogP contribution in [-0.4, -0.2) is 14.5 Å². The van der Waals surface area contributed by atoms with E-state index < -0.39 is 0 Å². The third-order valence-corrected chi connectivity index (χ3v) is 6.26. The van der Waals surface area contributed by atoms with Crippen molar-refractivity contribution in [3.8, 4) is 17.1 Å². The highest BCUT2D eigenvalue weighted by atomic mass is 16.3. The molecule has 6 aromatic rings. The summed E-state index contributed by atoms with van der Waals surface area (Å²) in [6.45, 7) is 8.72. The van der Waals surface area contributed by atoms with E-state index in [1.165, 1.54) is 5.56 Å². The van der Waals surface area contributed by atoms with E-state index in [2.05, 4.69) is 80.8 Å². The lowest BCUT2D eigenvalue weighted by Gasteiger charge is -2.20. The lowest BCUT2D eigenvalue weighted by Crippen LogP contribution is -2.15. The van der Waals surface area contributed by atoms with Gasteiger partial charge in [-0.2, -0.15) is 0 Å². The molecule has 4 heteroatoms. The predicted molar refractivity (Wildman–Crippen MR) is 135 cm³/mol. The normalized spacial score (nSPS) is 12.2. The Morgan fingerprint density at radius 2 is 1.61 bits per heavy atom. The average Bonchev–Trinajstić information content (AvgIpc) is 3.38. The second kappa shape index (κ2) is 7.04. The van der Waals surface area contributed by atoms with Crippen LogP contribution >= 0.6 is 0 Å². The molecule has 0 aliphatic heterocycles. The Labute approximate surface area is 192 Å². The van der Waals surface area contributed by atoms with Crippen LogP contribution in [-0.2, 0) is 5.41 Å². The van der Waals surface area contributed by atoms with Crippen molar-refractivity contribution >= 4 is 33.0 Å². The number of imidazole rings is 1. The van der Waals surface area contributed by atoms with Crippen LogP contribution in [0.3, 0.4) is 0 Å². The number of benzene rings is 3. The van der Waals surface area contributed by atoms with E-state index in [-0.39, 0.29) is 5.41 Å². The number of aryl methyl sites for hydroxylation is 1. The monoisotopic (exact) mass is 431 g/mol. The van der Waals surface area contributed by atoms with E-state index in [4.69, 9.17) is 14.4 Å². The molecule has 0 radical (unpaired) electrons. The number of hydrogen-bond donors (Lipinski definition) is 0. The van der Waals surface area contributed by atoms with Gasteiger partial charge in [0, 0.05) is 28.1 Å². The maximum absolute atomic E-state index is 6.43.